The van der Waals surface area contributed by atoms with Crippen LogP contribution < -0.4 is 4.74 Å². The van der Waals surface area contributed by atoms with Crippen molar-refractivity contribution in [3.8, 4) is 5.75 Å². The molecule has 0 bridgehead atoms. The molecule has 1 aromatic heterocycles. The number of hydrogen-bond donors (Lipinski definition) is 1. The van der Waals surface area contributed by atoms with E-state index in [4.69, 9.17) is 9.84 Å². The predicted molar refractivity (Wildman–Crippen MR) is 67.6 cm³/mol. The van der Waals surface area contributed by atoms with Gasteiger partial charge in [-0.25, -0.2) is 0 Å². The molecule has 98 valence electrons. The molecule has 2 rings (SSSR count). The Balaban J connectivity index is 2.07. The average Bonchev–Trinajstić information content (AvgIpc) is 2.46. The lowest BCUT2D eigenvalue weighted by molar-refractivity contribution is -0.385. The summed E-state index contributed by atoms with van der Waals surface area (Å²) < 4.78 is 5.43. The van der Waals surface area contributed by atoms with E-state index in [2.05, 4.69) is 4.98 Å². The first kappa shape index (κ1) is 13.0. The molecule has 0 spiro atoms. The summed E-state index contributed by atoms with van der Waals surface area (Å²) in [4.78, 5) is 14.3. The van der Waals surface area contributed by atoms with Crippen molar-refractivity contribution in [2.75, 3.05) is 0 Å². The number of aliphatic hydroxyl groups excluding tert-OH is 1. The number of aromatic nitrogens is 1. The highest BCUT2D eigenvalue weighted by molar-refractivity contribution is 5.39. The van der Waals surface area contributed by atoms with Crippen LogP contribution in [-0.2, 0) is 13.2 Å². The topological polar surface area (TPSA) is 85.5 Å². The number of pyridine rings is 1. The molecule has 0 fully saturated rings. The van der Waals surface area contributed by atoms with Gasteiger partial charge in [-0.2, -0.15) is 0 Å². The Hall–Kier alpha value is -2.47. The number of nitro groups is 1. The number of benzene rings is 1. The molecule has 0 amide bonds. The monoisotopic (exact) mass is 260 g/mol. The molecule has 1 heterocycles. The van der Waals surface area contributed by atoms with Gasteiger partial charge in [0.1, 0.15) is 12.4 Å². The van der Waals surface area contributed by atoms with Crippen LogP contribution in [0.3, 0.4) is 0 Å². The number of aliphatic hydroxyl groups is 1. The van der Waals surface area contributed by atoms with Gasteiger partial charge in [0.15, 0.2) is 0 Å². The maximum atomic E-state index is 10.8. The van der Waals surface area contributed by atoms with E-state index in [1.54, 1.807) is 30.3 Å². The molecule has 0 saturated heterocycles. The maximum Gasteiger partial charge on any atom is 0.276 e. The minimum absolute atomic E-state index is 0.0300. The fourth-order valence-corrected chi connectivity index (χ4v) is 1.56. The number of nitro benzene ring substituents is 1. The zero-order valence-electron chi connectivity index (χ0n) is 10.0. The van der Waals surface area contributed by atoms with Gasteiger partial charge in [-0.3, -0.25) is 15.1 Å². The van der Waals surface area contributed by atoms with E-state index in [1.165, 1.54) is 12.3 Å². The van der Waals surface area contributed by atoms with E-state index in [0.717, 1.165) is 0 Å². The summed E-state index contributed by atoms with van der Waals surface area (Å²) in [6.07, 6.45) is 1.47. The second-order valence-corrected chi connectivity index (χ2v) is 3.82. The van der Waals surface area contributed by atoms with Crippen LogP contribution in [0.2, 0.25) is 0 Å². The summed E-state index contributed by atoms with van der Waals surface area (Å²) in [5, 5.41) is 19.7. The lowest BCUT2D eigenvalue weighted by atomic mass is 10.2. The first-order valence-corrected chi connectivity index (χ1v) is 5.61. The SMILES string of the molecule is O=[N+]([O-])c1ccccc1COc1ccc(CO)nc1. The van der Waals surface area contributed by atoms with Crippen LogP contribution in [0.5, 0.6) is 5.75 Å². The lowest BCUT2D eigenvalue weighted by Crippen LogP contribution is -2.01. The van der Waals surface area contributed by atoms with Crippen molar-refractivity contribution in [3.63, 3.8) is 0 Å². The van der Waals surface area contributed by atoms with Crippen molar-refractivity contribution in [3.05, 3.63) is 64.0 Å². The van der Waals surface area contributed by atoms with Crippen LogP contribution >= 0.6 is 0 Å². The zero-order valence-corrected chi connectivity index (χ0v) is 10.0. The molecule has 19 heavy (non-hydrogen) atoms. The molecule has 0 aliphatic carbocycles. The highest BCUT2D eigenvalue weighted by Gasteiger charge is 2.12. The van der Waals surface area contributed by atoms with Gasteiger partial charge in [-0.15, -0.1) is 0 Å². The molecule has 1 aromatic carbocycles. The van der Waals surface area contributed by atoms with E-state index in [1.807, 2.05) is 0 Å². The van der Waals surface area contributed by atoms with E-state index in [0.29, 0.717) is 17.0 Å². The van der Waals surface area contributed by atoms with Crippen LogP contribution in [0.1, 0.15) is 11.3 Å². The molecular weight excluding hydrogens is 248 g/mol. The Labute approximate surface area is 109 Å². The summed E-state index contributed by atoms with van der Waals surface area (Å²) in [5.74, 6) is 0.496. The van der Waals surface area contributed by atoms with Crippen molar-refractivity contribution in [2.24, 2.45) is 0 Å². The largest absolute Gasteiger partial charge is 0.487 e. The summed E-state index contributed by atoms with van der Waals surface area (Å²) in [6.45, 7) is -0.0399. The smallest absolute Gasteiger partial charge is 0.276 e. The molecule has 6 heteroatoms. The fourth-order valence-electron chi connectivity index (χ4n) is 1.56. The summed E-state index contributed by atoms with van der Waals surface area (Å²) in [6, 6.07) is 9.71. The molecule has 6 nitrogen and oxygen atoms in total. The van der Waals surface area contributed by atoms with Crippen LogP contribution in [0.4, 0.5) is 5.69 Å². The highest BCUT2D eigenvalue weighted by atomic mass is 16.6. The van der Waals surface area contributed by atoms with E-state index in [9.17, 15) is 10.1 Å². The molecule has 0 aliphatic rings. The third-order valence-corrected chi connectivity index (χ3v) is 2.54. The van der Waals surface area contributed by atoms with Crippen molar-refractivity contribution in [1.82, 2.24) is 4.98 Å². The van der Waals surface area contributed by atoms with Crippen molar-refractivity contribution in [1.29, 1.82) is 0 Å². The van der Waals surface area contributed by atoms with Gasteiger partial charge in [-0.1, -0.05) is 12.1 Å². The second-order valence-electron chi connectivity index (χ2n) is 3.82. The Bertz CT molecular complexity index is 569. The first-order valence-electron chi connectivity index (χ1n) is 5.61. The highest BCUT2D eigenvalue weighted by Crippen LogP contribution is 2.20. The van der Waals surface area contributed by atoms with Gasteiger partial charge >= 0.3 is 0 Å². The van der Waals surface area contributed by atoms with Crippen molar-refractivity contribution >= 4 is 5.69 Å². The number of ether oxygens (including phenoxy) is 1. The average molecular weight is 260 g/mol. The van der Waals surface area contributed by atoms with Gasteiger partial charge in [0.25, 0.3) is 5.69 Å². The van der Waals surface area contributed by atoms with Crippen LogP contribution in [0, 0.1) is 10.1 Å². The fraction of sp³-hybridized carbons (Fsp3) is 0.154. The third kappa shape index (κ3) is 3.26. The zero-order chi connectivity index (χ0) is 13.7. The van der Waals surface area contributed by atoms with Gasteiger partial charge < -0.3 is 9.84 Å². The standard InChI is InChI=1S/C13H12N2O4/c16-8-11-5-6-12(7-14-11)19-9-10-3-1-2-4-13(10)15(17)18/h1-7,16H,8-9H2. The number of para-hydroxylation sites is 1. The van der Waals surface area contributed by atoms with E-state index >= 15 is 0 Å². The molecule has 2 aromatic rings. The third-order valence-electron chi connectivity index (χ3n) is 2.54. The molecule has 0 saturated carbocycles. The van der Waals surface area contributed by atoms with Crippen LogP contribution in [-0.4, -0.2) is 15.0 Å². The number of hydrogen-bond acceptors (Lipinski definition) is 5. The van der Waals surface area contributed by atoms with Crippen molar-refractivity contribution in [2.45, 2.75) is 13.2 Å². The quantitative estimate of drug-likeness (QED) is 0.657. The Morgan fingerprint density at radius 3 is 2.68 bits per heavy atom. The predicted octanol–water partition coefficient (Wildman–Crippen LogP) is 2.06. The minimum atomic E-state index is -0.439. The number of nitrogens with zero attached hydrogens (tertiary/aromatic N) is 2. The molecule has 0 atom stereocenters. The Kier molecular flexibility index (Phi) is 4.04. The Morgan fingerprint density at radius 2 is 2.05 bits per heavy atom. The van der Waals surface area contributed by atoms with Gasteiger partial charge in [0, 0.05) is 6.07 Å². The summed E-state index contributed by atoms with van der Waals surface area (Å²) in [5.41, 5.74) is 1.07. The lowest BCUT2D eigenvalue weighted by Gasteiger charge is -2.06. The van der Waals surface area contributed by atoms with Crippen LogP contribution in [0.15, 0.2) is 42.6 Å². The second kappa shape index (κ2) is 5.92. The molecule has 0 unspecified atom stereocenters. The number of rotatable bonds is 5. The summed E-state index contributed by atoms with van der Waals surface area (Å²) in [7, 11) is 0. The normalized spacial score (nSPS) is 10.2. The molecular formula is C13H12N2O4. The van der Waals surface area contributed by atoms with E-state index < -0.39 is 4.92 Å². The molecule has 0 radical (unpaired) electrons. The minimum Gasteiger partial charge on any atom is -0.487 e. The van der Waals surface area contributed by atoms with Crippen molar-refractivity contribution < 1.29 is 14.8 Å². The first-order chi connectivity index (χ1) is 9.20. The summed E-state index contributed by atoms with van der Waals surface area (Å²) >= 11 is 0. The molecule has 0 aliphatic heterocycles. The maximum absolute atomic E-state index is 10.8. The van der Waals surface area contributed by atoms with Gasteiger partial charge in [-0.05, 0) is 18.2 Å². The van der Waals surface area contributed by atoms with E-state index in [-0.39, 0.29) is 18.9 Å². The Morgan fingerprint density at radius 1 is 1.26 bits per heavy atom. The van der Waals surface area contributed by atoms with Gasteiger partial charge in [0.2, 0.25) is 0 Å². The van der Waals surface area contributed by atoms with Crippen LogP contribution in [0.25, 0.3) is 0 Å². The molecule has 1 N–H and O–H groups in total. The van der Waals surface area contributed by atoms with Gasteiger partial charge in [0.05, 0.1) is 29.0 Å².